The van der Waals surface area contributed by atoms with Crippen LogP contribution in [0.5, 0.6) is 5.75 Å². The third-order valence-electron chi connectivity index (χ3n) is 3.59. The first kappa shape index (κ1) is 16.4. The van der Waals surface area contributed by atoms with Gasteiger partial charge >= 0.3 is 0 Å². The van der Waals surface area contributed by atoms with Crippen molar-refractivity contribution in [2.24, 2.45) is 5.73 Å². The molecule has 1 heterocycles. The van der Waals surface area contributed by atoms with Crippen molar-refractivity contribution in [2.45, 2.75) is 6.42 Å². The fourth-order valence-corrected chi connectivity index (χ4v) is 2.48. The van der Waals surface area contributed by atoms with Crippen LogP contribution in [0, 0.1) is 0 Å². The van der Waals surface area contributed by atoms with Crippen LogP contribution < -0.4 is 15.8 Å². The highest BCUT2D eigenvalue weighted by molar-refractivity contribution is 5.95. The Morgan fingerprint density at radius 3 is 2.56 bits per heavy atom. The van der Waals surface area contributed by atoms with Gasteiger partial charge in [-0.15, -0.1) is 0 Å². The molecule has 0 atom stereocenters. The van der Waals surface area contributed by atoms with Crippen molar-refractivity contribution >= 4 is 28.4 Å². The van der Waals surface area contributed by atoms with Crippen LogP contribution in [0.2, 0.25) is 0 Å². The van der Waals surface area contributed by atoms with Crippen LogP contribution in [0.25, 0.3) is 10.9 Å². The molecule has 1 aromatic heterocycles. The van der Waals surface area contributed by atoms with E-state index in [1.807, 2.05) is 30.3 Å². The van der Waals surface area contributed by atoms with E-state index in [4.69, 9.17) is 10.5 Å². The summed E-state index contributed by atoms with van der Waals surface area (Å²) in [5.41, 5.74) is 7.37. The maximum atomic E-state index is 12.3. The summed E-state index contributed by atoms with van der Waals surface area (Å²) < 4.78 is 5.18. The largest absolute Gasteiger partial charge is 0.484 e. The Balaban J connectivity index is 1.65. The zero-order valence-corrected chi connectivity index (χ0v) is 13.4. The Morgan fingerprint density at radius 2 is 1.80 bits per heavy atom. The number of hydrogen-bond donors (Lipinski definition) is 2. The average Bonchev–Trinajstić information content (AvgIpc) is 2.61. The van der Waals surface area contributed by atoms with Gasteiger partial charge in [-0.2, -0.15) is 0 Å². The van der Waals surface area contributed by atoms with Gasteiger partial charge < -0.3 is 15.8 Å². The molecule has 126 valence electrons. The lowest BCUT2D eigenvalue weighted by Gasteiger charge is -2.08. The minimum absolute atomic E-state index is 0.135. The van der Waals surface area contributed by atoms with Crippen LogP contribution in [0.4, 0.5) is 5.69 Å². The fourth-order valence-electron chi connectivity index (χ4n) is 2.48. The Bertz CT molecular complexity index is 902. The second-order valence-electron chi connectivity index (χ2n) is 5.50. The molecule has 0 spiro atoms. The van der Waals surface area contributed by atoms with Crippen LogP contribution in [0.15, 0.2) is 60.8 Å². The molecule has 0 unspecified atom stereocenters. The molecule has 0 saturated carbocycles. The van der Waals surface area contributed by atoms with E-state index in [1.54, 1.807) is 30.5 Å². The van der Waals surface area contributed by atoms with E-state index in [1.165, 1.54) is 0 Å². The molecule has 2 aromatic carbocycles. The number of amides is 2. The summed E-state index contributed by atoms with van der Waals surface area (Å²) in [7, 11) is 0. The minimum atomic E-state index is -0.541. The third kappa shape index (κ3) is 4.32. The maximum Gasteiger partial charge on any atom is 0.255 e. The van der Waals surface area contributed by atoms with Gasteiger partial charge in [0.1, 0.15) is 5.75 Å². The summed E-state index contributed by atoms with van der Waals surface area (Å²) in [6.45, 7) is -0.181. The molecular weight excluding hydrogens is 318 g/mol. The highest BCUT2D eigenvalue weighted by Gasteiger charge is 2.08. The molecule has 3 aromatic rings. The van der Waals surface area contributed by atoms with E-state index >= 15 is 0 Å². The van der Waals surface area contributed by atoms with Crippen molar-refractivity contribution in [1.29, 1.82) is 0 Å². The van der Waals surface area contributed by atoms with E-state index < -0.39 is 5.91 Å². The molecule has 25 heavy (non-hydrogen) atoms. The molecule has 0 aliphatic carbocycles. The van der Waals surface area contributed by atoms with E-state index in [-0.39, 0.29) is 18.9 Å². The molecule has 0 saturated heterocycles. The van der Waals surface area contributed by atoms with Crippen molar-refractivity contribution in [1.82, 2.24) is 4.98 Å². The molecule has 0 aliphatic rings. The minimum Gasteiger partial charge on any atom is -0.484 e. The number of anilines is 1. The average molecular weight is 335 g/mol. The van der Waals surface area contributed by atoms with Crippen molar-refractivity contribution < 1.29 is 14.3 Å². The lowest BCUT2D eigenvalue weighted by molar-refractivity contribution is -0.120. The number of hydrogen-bond acceptors (Lipinski definition) is 4. The molecule has 2 amide bonds. The van der Waals surface area contributed by atoms with E-state index in [9.17, 15) is 9.59 Å². The number of ether oxygens (including phenoxy) is 1. The van der Waals surface area contributed by atoms with Gasteiger partial charge in [-0.05, 0) is 35.9 Å². The maximum absolute atomic E-state index is 12.3. The van der Waals surface area contributed by atoms with E-state index in [2.05, 4.69) is 10.3 Å². The number of benzene rings is 2. The smallest absolute Gasteiger partial charge is 0.255 e. The Hall–Kier alpha value is -3.41. The first-order valence-corrected chi connectivity index (χ1v) is 7.75. The number of para-hydroxylation sites is 1. The van der Waals surface area contributed by atoms with Crippen molar-refractivity contribution in [2.75, 3.05) is 11.9 Å². The second kappa shape index (κ2) is 7.44. The number of rotatable bonds is 6. The number of carbonyl (C=O) groups excluding carboxylic acids is 2. The zero-order chi connectivity index (χ0) is 17.6. The third-order valence-corrected chi connectivity index (χ3v) is 3.59. The van der Waals surface area contributed by atoms with Gasteiger partial charge in [0.05, 0.1) is 11.9 Å². The van der Waals surface area contributed by atoms with Gasteiger partial charge in [0.15, 0.2) is 6.61 Å². The highest BCUT2D eigenvalue weighted by atomic mass is 16.5. The molecule has 0 radical (unpaired) electrons. The van der Waals surface area contributed by atoms with Crippen LogP contribution in [0.1, 0.15) is 5.56 Å². The first-order valence-electron chi connectivity index (χ1n) is 7.75. The molecule has 3 N–H and O–H groups in total. The normalized spacial score (nSPS) is 10.4. The second-order valence-corrected chi connectivity index (χ2v) is 5.50. The van der Waals surface area contributed by atoms with Gasteiger partial charge in [-0.25, -0.2) is 0 Å². The number of primary amides is 1. The standard InChI is InChI=1S/C19H17N3O3/c20-17(23)12-25-16-8-6-15(7-9-16)22-18(24)11-14-4-1-3-13-5-2-10-21-19(13)14/h1-10H,11-12H2,(H2,20,23)(H,22,24). The number of fused-ring (bicyclic) bond motifs is 1. The van der Waals surface area contributed by atoms with Crippen molar-refractivity contribution in [3.8, 4) is 5.75 Å². The van der Waals surface area contributed by atoms with E-state index in [0.717, 1.165) is 16.5 Å². The molecule has 0 bridgehead atoms. The highest BCUT2D eigenvalue weighted by Crippen LogP contribution is 2.18. The molecule has 6 heteroatoms. The molecule has 0 fully saturated rings. The van der Waals surface area contributed by atoms with Crippen LogP contribution in [-0.4, -0.2) is 23.4 Å². The number of pyridine rings is 1. The predicted molar refractivity (Wildman–Crippen MR) is 95.2 cm³/mol. The monoisotopic (exact) mass is 335 g/mol. The summed E-state index contributed by atoms with van der Waals surface area (Å²) in [6, 6.07) is 16.4. The Labute approximate surface area is 144 Å². The summed E-state index contributed by atoms with van der Waals surface area (Å²) in [6.07, 6.45) is 1.95. The number of nitrogens with one attached hydrogen (secondary N) is 1. The van der Waals surface area contributed by atoms with Gasteiger partial charge in [-0.3, -0.25) is 14.6 Å². The Morgan fingerprint density at radius 1 is 1.04 bits per heavy atom. The van der Waals surface area contributed by atoms with Crippen LogP contribution in [0.3, 0.4) is 0 Å². The lowest BCUT2D eigenvalue weighted by atomic mass is 10.1. The number of nitrogens with two attached hydrogens (primary N) is 1. The van der Waals surface area contributed by atoms with Crippen LogP contribution in [-0.2, 0) is 16.0 Å². The molecule has 0 aliphatic heterocycles. The van der Waals surface area contributed by atoms with E-state index in [0.29, 0.717) is 11.4 Å². The molecular formula is C19H17N3O3. The van der Waals surface area contributed by atoms with Crippen molar-refractivity contribution in [3.05, 3.63) is 66.4 Å². The number of aromatic nitrogens is 1. The topological polar surface area (TPSA) is 94.3 Å². The zero-order valence-electron chi connectivity index (χ0n) is 13.4. The fraction of sp³-hybridized carbons (Fsp3) is 0.105. The van der Waals surface area contributed by atoms with Gasteiger partial charge in [0, 0.05) is 17.3 Å². The number of nitrogens with zero attached hydrogens (tertiary/aromatic N) is 1. The summed E-state index contributed by atoms with van der Waals surface area (Å²) >= 11 is 0. The van der Waals surface area contributed by atoms with Gasteiger partial charge in [0.2, 0.25) is 5.91 Å². The van der Waals surface area contributed by atoms with Gasteiger partial charge in [-0.1, -0.05) is 24.3 Å². The Kier molecular flexibility index (Phi) is 4.89. The van der Waals surface area contributed by atoms with Gasteiger partial charge in [0.25, 0.3) is 5.91 Å². The quantitative estimate of drug-likeness (QED) is 0.722. The number of carbonyl (C=O) groups is 2. The molecule has 3 rings (SSSR count). The van der Waals surface area contributed by atoms with Crippen LogP contribution >= 0.6 is 0 Å². The predicted octanol–water partition coefficient (Wildman–Crippen LogP) is 2.28. The molecule has 6 nitrogen and oxygen atoms in total. The summed E-state index contributed by atoms with van der Waals surface area (Å²) in [4.78, 5) is 27.3. The van der Waals surface area contributed by atoms with Crippen molar-refractivity contribution in [3.63, 3.8) is 0 Å². The SMILES string of the molecule is NC(=O)COc1ccc(NC(=O)Cc2cccc3cccnc23)cc1. The summed E-state index contributed by atoms with van der Waals surface area (Å²) in [5, 5.41) is 3.84. The lowest BCUT2D eigenvalue weighted by Crippen LogP contribution is -2.20. The summed E-state index contributed by atoms with van der Waals surface area (Å²) in [5.74, 6) is -0.167. The first-order chi connectivity index (χ1) is 12.1.